The van der Waals surface area contributed by atoms with E-state index in [4.69, 9.17) is 10.8 Å². The number of fused-ring (bicyclic) bond motifs is 1. The van der Waals surface area contributed by atoms with Crippen LogP contribution in [0.1, 0.15) is 23.1 Å². The average Bonchev–Trinajstić information content (AvgIpc) is 2.53. The van der Waals surface area contributed by atoms with Gasteiger partial charge < -0.3 is 10.8 Å². The Morgan fingerprint density at radius 2 is 2.06 bits per heavy atom. The number of hydrogen-bond acceptors (Lipinski definition) is 2. The summed E-state index contributed by atoms with van der Waals surface area (Å²) in [5.74, 6) is -0.743. The first kappa shape index (κ1) is 13.0. The van der Waals surface area contributed by atoms with Gasteiger partial charge in [-0.15, -0.1) is 12.4 Å². The first-order valence-electron chi connectivity index (χ1n) is 5.23. The molecule has 0 unspecified atom stereocenters. The van der Waals surface area contributed by atoms with Crippen LogP contribution in [0.25, 0.3) is 0 Å². The molecule has 1 aromatic rings. The van der Waals surface area contributed by atoms with Crippen molar-refractivity contribution >= 4 is 18.4 Å². The van der Waals surface area contributed by atoms with Crippen LogP contribution in [0.4, 0.5) is 0 Å². The van der Waals surface area contributed by atoms with E-state index in [9.17, 15) is 4.79 Å². The van der Waals surface area contributed by atoms with Crippen LogP contribution in [0, 0.1) is 0 Å². The van der Waals surface area contributed by atoms with Crippen LogP contribution in [0.3, 0.4) is 0 Å². The van der Waals surface area contributed by atoms with E-state index in [-0.39, 0.29) is 24.9 Å². The number of halogens is 1. The van der Waals surface area contributed by atoms with Gasteiger partial charge in [-0.25, -0.2) is 0 Å². The number of carboxylic acid groups (broad SMARTS) is 1. The molecule has 4 heteroatoms. The van der Waals surface area contributed by atoms with E-state index in [1.54, 1.807) is 0 Å². The van der Waals surface area contributed by atoms with Crippen molar-refractivity contribution in [3.05, 3.63) is 34.9 Å². The molecule has 0 heterocycles. The Morgan fingerprint density at radius 3 is 2.75 bits per heavy atom. The summed E-state index contributed by atoms with van der Waals surface area (Å²) in [5, 5.41) is 8.59. The van der Waals surface area contributed by atoms with E-state index < -0.39 is 5.97 Å². The number of aryl methyl sites for hydroxylation is 1. The predicted octanol–water partition coefficient (Wildman–Crippen LogP) is 1.55. The molecule has 1 atom stereocenters. The van der Waals surface area contributed by atoms with Gasteiger partial charge in [-0.3, -0.25) is 4.79 Å². The molecule has 0 amide bonds. The highest BCUT2D eigenvalue weighted by molar-refractivity contribution is 5.85. The summed E-state index contributed by atoms with van der Waals surface area (Å²) in [4.78, 5) is 10.4. The minimum absolute atomic E-state index is 0. The Labute approximate surface area is 101 Å². The maximum atomic E-state index is 10.4. The Hall–Kier alpha value is -1.06. The summed E-state index contributed by atoms with van der Waals surface area (Å²) in [6.45, 7) is 0. The Bertz CT molecular complexity index is 393. The molecule has 0 bridgehead atoms. The number of nitrogens with two attached hydrogens (primary N) is 1. The SMILES string of the molecule is Cl.N[C@H]1Cc2ccc(CCC(=O)O)cc2C1. The lowest BCUT2D eigenvalue weighted by Gasteiger charge is -2.02. The van der Waals surface area contributed by atoms with Gasteiger partial charge in [-0.05, 0) is 36.0 Å². The highest BCUT2D eigenvalue weighted by Gasteiger charge is 2.17. The van der Waals surface area contributed by atoms with Crippen molar-refractivity contribution in [3.63, 3.8) is 0 Å². The fourth-order valence-electron chi connectivity index (χ4n) is 2.11. The first-order valence-corrected chi connectivity index (χ1v) is 5.23. The van der Waals surface area contributed by atoms with E-state index in [0.29, 0.717) is 6.42 Å². The summed E-state index contributed by atoms with van der Waals surface area (Å²) in [6, 6.07) is 6.44. The lowest BCUT2D eigenvalue weighted by atomic mass is 10.0. The largest absolute Gasteiger partial charge is 0.481 e. The molecule has 3 N–H and O–H groups in total. The second-order valence-electron chi connectivity index (χ2n) is 4.17. The minimum atomic E-state index is -0.743. The minimum Gasteiger partial charge on any atom is -0.481 e. The standard InChI is InChI=1S/C12H15NO2.ClH/c13-11-6-9-3-1-8(2-4-12(14)15)5-10(9)7-11;/h1,3,5,11H,2,4,6-7,13H2,(H,14,15);1H/t11-;/m0./s1. The van der Waals surface area contributed by atoms with Crippen molar-refractivity contribution < 1.29 is 9.90 Å². The van der Waals surface area contributed by atoms with Gasteiger partial charge in [0, 0.05) is 12.5 Å². The lowest BCUT2D eigenvalue weighted by Crippen LogP contribution is -2.18. The molecule has 0 aromatic heterocycles. The molecule has 88 valence electrons. The topological polar surface area (TPSA) is 63.3 Å². The van der Waals surface area contributed by atoms with Gasteiger partial charge in [-0.2, -0.15) is 0 Å². The first-order chi connectivity index (χ1) is 7.15. The highest BCUT2D eigenvalue weighted by Crippen LogP contribution is 2.22. The molecular formula is C12H16ClNO2. The van der Waals surface area contributed by atoms with Crippen LogP contribution in [-0.2, 0) is 24.1 Å². The fourth-order valence-corrected chi connectivity index (χ4v) is 2.11. The maximum absolute atomic E-state index is 10.4. The molecular weight excluding hydrogens is 226 g/mol. The number of aliphatic carboxylic acids is 1. The van der Waals surface area contributed by atoms with Gasteiger partial charge in [0.25, 0.3) is 0 Å². The monoisotopic (exact) mass is 241 g/mol. The quantitative estimate of drug-likeness (QED) is 0.844. The van der Waals surface area contributed by atoms with E-state index in [0.717, 1.165) is 18.4 Å². The highest BCUT2D eigenvalue weighted by atomic mass is 35.5. The molecule has 0 saturated carbocycles. The van der Waals surface area contributed by atoms with Gasteiger partial charge in [0.05, 0.1) is 0 Å². The van der Waals surface area contributed by atoms with Crippen LogP contribution in [0.15, 0.2) is 18.2 Å². The Morgan fingerprint density at radius 1 is 1.38 bits per heavy atom. The van der Waals surface area contributed by atoms with Gasteiger partial charge in [0.2, 0.25) is 0 Å². The normalized spacial score (nSPS) is 17.7. The van der Waals surface area contributed by atoms with E-state index in [1.807, 2.05) is 6.07 Å². The third-order valence-corrected chi connectivity index (χ3v) is 2.86. The summed E-state index contributed by atoms with van der Waals surface area (Å²) < 4.78 is 0. The fraction of sp³-hybridized carbons (Fsp3) is 0.417. The van der Waals surface area contributed by atoms with Gasteiger partial charge >= 0.3 is 5.97 Å². The lowest BCUT2D eigenvalue weighted by molar-refractivity contribution is -0.136. The number of carboxylic acids is 1. The zero-order chi connectivity index (χ0) is 10.8. The third-order valence-electron chi connectivity index (χ3n) is 2.86. The molecule has 1 aliphatic carbocycles. The Balaban J connectivity index is 0.00000128. The predicted molar refractivity (Wildman–Crippen MR) is 65.0 cm³/mol. The molecule has 0 radical (unpaired) electrons. The number of carbonyl (C=O) groups is 1. The van der Waals surface area contributed by atoms with Crippen molar-refractivity contribution in [2.75, 3.05) is 0 Å². The maximum Gasteiger partial charge on any atom is 0.303 e. The molecule has 3 nitrogen and oxygen atoms in total. The van der Waals surface area contributed by atoms with Crippen LogP contribution in [-0.4, -0.2) is 17.1 Å². The van der Waals surface area contributed by atoms with Crippen molar-refractivity contribution in [1.29, 1.82) is 0 Å². The van der Waals surface area contributed by atoms with E-state index in [1.165, 1.54) is 11.1 Å². The Kier molecular flexibility index (Phi) is 4.33. The molecule has 2 rings (SSSR count). The number of hydrogen-bond donors (Lipinski definition) is 2. The summed E-state index contributed by atoms with van der Waals surface area (Å²) in [5.41, 5.74) is 9.58. The molecule has 0 saturated heterocycles. The molecule has 0 fully saturated rings. The van der Waals surface area contributed by atoms with Gasteiger partial charge in [-0.1, -0.05) is 18.2 Å². The third kappa shape index (κ3) is 2.97. The smallest absolute Gasteiger partial charge is 0.303 e. The van der Waals surface area contributed by atoms with Crippen molar-refractivity contribution in [3.8, 4) is 0 Å². The molecule has 1 aromatic carbocycles. The van der Waals surface area contributed by atoms with Crippen LogP contribution in [0.5, 0.6) is 0 Å². The van der Waals surface area contributed by atoms with Crippen molar-refractivity contribution in [2.24, 2.45) is 5.73 Å². The van der Waals surface area contributed by atoms with E-state index >= 15 is 0 Å². The second kappa shape index (κ2) is 5.32. The zero-order valence-electron chi connectivity index (χ0n) is 8.98. The van der Waals surface area contributed by atoms with Crippen LogP contribution >= 0.6 is 12.4 Å². The number of benzene rings is 1. The van der Waals surface area contributed by atoms with Gasteiger partial charge in [0.15, 0.2) is 0 Å². The molecule has 16 heavy (non-hydrogen) atoms. The second-order valence-corrected chi connectivity index (χ2v) is 4.17. The summed E-state index contributed by atoms with van der Waals surface area (Å²) in [7, 11) is 0. The summed E-state index contributed by atoms with van der Waals surface area (Å²) >= 11 is 0. The van der Waals surface area contributed by atoms with Gasteiger partial charge in [0.1, 0.15) is 0 Å². The zero-order valence-corrected chi connectivity index (χ0v) is 9.80. The molecule has 0 aliphatic heterocycles. The average molecular weight is 242 g/mol. The van der Waals surface area contributed by atoms with Crippen molar-refractivity contribution in [2.45, 2.75) is 31.7 Å². The molecule has 0 spiro atoms. The van der Waals surface area contributed by atoms with Crippen LogP contribution < -0.4 is 5.73 Å². The number of rotatable bonds is 3. The van der Waals surface area contributed by atoms with E-state index in [2.05, 4.69) is 12.1 Å². The molecule has 1 aliphatic rings. The van der Waals surface area contributed by atoms with Crippen LogP contribution in [0.2, 0.25) is 0 Å². The summed E-state index contributed by atoms with van der Waals surface area (Å²) in [6.07, 6.45) is 2.69. The van der Waals surface area contributed by atoms with Crippen molar-refractivity contribution in [1.82, 2.24) is 0 Å².